The summed E-state index contributed by atoms with van der Waals surface area (Å²) in [5.74, 6) is -0.756. The largest absolute Gasteiger partial charge is 0.488 e. The van der Waals surface area contributed by atoms with E-state index in [0.29, 0.717) is 42.0 Å². The van der Waals surface area contributed by atoms with Crippen molar-refractivity contribution in [3.63, 3.8) is 0 Å². The third kappa shape index (κ3) is 5.69. The van der Waals surface area contributed by atoms with Crippen molar-refractivity contribution in [2.75, 3.05) is 30.9 Å². The van der Waals surface area contributed by atoms with Crippen LogP contribution in [0.2, 0.25) is 0 Å². The lowest BCUT2D eigenvalue weighted by atomic mass is 10.1. The van der Waals surface area contributed by atoms with Crippen molar-refractivity contribution in [3.05, 3.63) is 52.7 Å². The van der Waals surface area contributed by atoms with Crippen molar-refractivity contribution in [2.45, 2.75) is 55.0 Å². The van der Waals surface area contributed by atoms with Gasteiger partial charge in [-0.15, -0.1) is 10.2 Å². The van der Waals surface area contributed by atoms with E-state index in [0.717, 1.165) is 55.3 Å². The predicted octanol–water partition coefficient (Wildman–Crippen LogP) is 3.24. The second-order valence-electron chi connectivity index (χ2n) is 9.11. The van der Waals surface area contributed by atoms with Gasteiger partial charge in [-0.05, 0) is 44.1 Å². The van der Waals surface area contributed by atoms with Crippen LogP contribution in [0.5, 0.6) is 0 Å². The molecule has 0 amide bonds. The summed E-state index contributed by atoms with van der Waals surface area (Å²) in [5, 5.41) is 29.6. The smallest absolute Gasteiger partial charge is 0.209 e. The zero-order chi connectivity index (χ0) is 25.9. The first-order valence-corrected chi connectivity index (χ1v) is 14.1. The molecule has 9 nitrogen and oxygen atoms in total. The number of ether oxygens (including phenoxy) is 1. The maximum atomic E-state index is 13.9. The van der Waals surface area contributed by atoms with Crippen LogP contribution in [0.25, 0.3) is 0 Å². The van der Waals surface area contributed by atoms with Crippen molar-refractivity contribution in [1.82, 2.24) is 25.4 Å². The van der Waals surface area contributed by atoms with Crippen LogP contribution in [0.15, 0.2) is 39.9 Å². The molecule has 37 heavy (non-hydrogen) atoms. The highest BCUT2D eigenvalue weighted by Crippen LogP contribution is 2.33. The minimum Gasteiger partial charge on any atom is -0.488 e. The summed E-state index contributed by atoms with van der Waals surface area (Å²) in [6.07, 6.45) is 5.97. The molecule has 0 spiro atoms. The van der Waals surface area contributed by atoms with Gasteiger partial charge in [0.05, 0.1) is 29.7 Å². The molecule has 1 saturated heterocycles. The number of nitrogens with zero attached hydrogens (tertiary/aromatic N) is 6. The highest BCUT2D eigenvalue weighted by atomic mass is 32.2. The average Bonchev–Trinajstić information content (AvgIpc) is 3.42. The topological polar surface area (TPSA) is 99.0 Å². The number of halogens is 2. The van der Waals surface area contributed by atoms with Gasteiger partial charge in [0, 0.05) is 31.5 Å². The van der Waals surface area contributed by atoms with E-state index in [-0.39, 0.29) is 17.8 Å². The van der Waals surface area contributed by atoms with Crippen molar-refractivity contribution in [1.29, 1.82) is 0 Å². The Kier molecular flexibility index (Phi) is 8.12. The normalized spacial score (nSPS) is 22.7. The van der Waals surface area contributed by atoms with Crippen molar-refractivity contribution >= 4 is 36.3 Å². The van der Waals surface area contributed by atoms with Crippen LogP contribution < -0.4 is 10.3 Å². The number of hydrogen-bond acceptors (Lipinski definition) is 11. The molecule has 2 aliphatic heterocycles. The lowest BCUT2D eigenvalue weighted by Gasteiger charge is -2.40. The Balaban J connectivity index is 1.45. The fourth-order valence-corrected chi connectivity index (χ4v) is 5.44. The number of anilines is 1. The number of rotatable bonds is 7. The van der Waals surface area contributed by atoms with Crippen LogP contribution in [0, 0.1) is 11.6 Å². The van der Waals surface area contributed by atoms with Crippen LogP contribution >= 0.6 is 24.4 Å². The van der Waals surface area contributed by atoms with Crippen molar-refractivity contribution in [2.24, 2.45) is 5.10 Å². The lowest BCUT2D eigenvalue weighted by molar-refractivity contribution is 0.0450. The second kappa shape index (κ2) is 11.5. The van der Waals surface area contributed by atoms with E-state index in [1.54, 1.807) is 6.21 Å². The zero-order valence-electron chi connectivity index (χ0n) is 20.3. The van der Waals surface area contributed by atoms with E-state index in [4.69, 9.17) is 4.74 Å². The molecule has 198 valence electrons. The van der Waals surface area contributed by atoms with Crippen LogP contribution in [-0.4, -0.2) is 69.6 Å². The molecule has 3 heterocycles. The van der Waals surface area contributed by atoms with Gasteiger partial charge < -0.3 is 20.1 Å². The molecule has 1 aliphatic carbocycles. The average molecular weight is 550 g/mol. The highest BCUT2D eigenvalue weighted by molar-refractivity contribution is 7.98. The quantitative estimate of drug-likeness (QED) is 0.355. The van der Waals surface area contributed by atoms with Gasteiger partial charge >= 0.3 is 0 Å². The summed E-state index contributed by atoms with van der Waals surface area (Å²) in [7, 11) is 0. The van der Waals surface area contributed by atoms with E-state index in [1.165, 1.54) is 16.8 Å². The molecule has 2 N–H and O–H groups in total. The number of allylic oxidation sites excluding steroid dienone is 1. The van der Waals surface area contributed by atoms with Crippen LogP contribution in [0.3, 0.4) is 0 Å². The Morgan fingerprint density at radius 2 is 1.95 bits per heavy atom. The monoisotopic (exact) mass is 549 g/mol. The van der Waals surface area contributed by atoms with Crippen molar-refractivity contribution in [3.8, 4) is 0 Å². The maximum absolute atomic E-state index is 13.9. The molecule has 2 aromatic rings. The van der Waals surface area contributed by atoms with E-state index in [2.05, 4.69) is 43.1 Å². The van der Waals surface area contributed by atoms with Gasteiger partial charge in [-0.3, -0.25) is 0 Å². The standard InChI is InChI=1S/C24H29F2N7O2S2/c1-37-24-29-19(13-36)21(30-31-24)18-12-32(7-6-27-18)20-11-28-33(16-9-14(25)8-15(26)10-16)23(34)22(20)35-17-4-2-3-5-17/h8-11,17-18,23,27,34,36H,2-7,12-13H2,1H3. The Bertz CT molecular complexity index is 1180. The Morgan fingerprint density at radius 3 is 2.65 bits per heavy atom. The summed E-state index contributed by atoms with van der Waals surface area (Å²) in [6, 6.07) is 2.87. The third-order valence-corrected chi connectivity index (χ3v) is 7.52. The number of piperazine rings is 1. The highest BCUT2D eigenvalue weighted by Gasteiger charge is 2.35. The molecule has 13 heteroatoms. The molecule has 5 rings (SSSR count). The number of nitrogens with one attached hydrogen (secondary N) is 1. The van der Waals surface area contributed by atoms with Gasteiger partial charge in [0.2, 0.25) is 11.4 Å². The molecule has 0 radical (unpaired) electrons. The van der Waals surface area contributed by atoms with E-state index >= 15 is 0 Å². The molecule has 2 unspecified atom stereocenters. The predicted molar refractivity (Wildman–Crippen MR) is 140 cm³/mol. The summed E-state index contributed by atoms with van der Waals surface area (Å²) >= 11 is 5.86. The van der Waals surface area contributed by atoms with Gasteiger partial charge in [0.25, 0.3) is 0 Å². The molecule has 1 saturated carbocycles. The minimum absolute atomic E-state index is 0.0408. The summed E-state index contributed by atoms with van der Waals surface area (Å²) in [6.45, 7) is 1.79. The summed E-state index contributed by atoms with van der Waals surface area (Å²) in [4.78, 5) is 6.64. The minimum atomic E-state index is -1.34. The number of thioether (sulfide) groups is 1. The molecule has 2 atom stereocenters. The number of aliphatic hydroxyl groups is 1. The SMILES string of the molecule is CSc1nnc(C2CN(C3=C(OC4CCCC4)C(O)N(c4cc(F)cc(F)c4)N=C3)CCN2)c(CS)n1. The number of hydrazone groups is 1. The molecule has 1 aromatic carbocycles. The summed E-state index contributed by atoms with van der Waals surface area (Å²) in [5.41, 5.74) is 2.21. The number of benzene rings is 1. The maximum Gasteiger partial charge on any atom is 0.209 e. The van der Waals surface area contributed by atoms with Gasteiger partial charge in [-0.2, -0.15) is 17.7 Å². The van der Waals surface area contributed by atoms with E-state index in [9.17, 15) is 13.9 Å². The Hall–Kier alpha value is -2.48. The summed E-state index contributed by atoms with van der Waals surface area (Å²) < 4.78 is 34.2. The van der Waals surface area contributed by atoms with Gasteiger partial charge in [-0.1, -0.05) is 11.8 Å². The van der Waals surface area contributed by atoms with Crippen LogP contribution in [0.1, 0.15) is 43.1 Å². The second-order valence-corrected chi connectivity index (χ2v) is 10.2. The number of hydrogen-bond donors (Lipinski definition) is 3. The molecular weight excluding hydrogens is 520 g/mol. The van der Waals surface area contributed by atoms with Crippen LogP contribution in [-0.2, 0) is 10.5 Å². The Morgan fingerprint density at radius 1 is 1.19 bits per heavy atom. The first-order valence-electron chi connectivity index (χ1n) is 12.2. The first-order chi connectivity index (χ1) is 18.0. The molecule has 1 aromatic heterocycles. The molecule has 0 bridgehead atoms. The van der Waals surface area contributed by atoms with E-state index in [1.807, 2.05) is 6.26 Å². The molecule has 3 aliphatic rings. The van der Waals surface area contributed by atoms with E-state index < -0.39 is 17.9 Å². The number of aromatic nitrogens is 3. The first kappa shape index (κ1) is 26.1. The number of aliphatic hydroxyl groups excluding tert-OH is 1. The Labute approximate surface area is 223 Å². The fraction of sp³-hybridized carbons (Fsp3) is 0.500. The molecular formula is C24H29F2N7O2S2. The third-order valence-electron chi connectivity index (χ3n) is 6.68. The fourth-order valence-electron chi connectivity index (χ4n) is 4.89. The van der Waals surface area contributed by atoms with Gasteiger partial charge in [0.1, 0.15) is 23.0 Å². The molecule has 2 fully saturated rings. The lowest BCUT2D eigenvalue weighted by Crippen LogP contribution is -2.49. The van der Waals surface area contributed by atoms with Crippen molar-refractivity contribution < 1.29 is 18.6 Å². The van der Waals surface area contributed by atoms with Gasteiger partial charge in [-0.25, -0.2) is 18.8 Å². The zero-order valence-corrected chi connectivity index (χ0v) is 22.1. The van der Waals surface area contributed by atoms with Crippen LogP contribution in [0.4, 0.5) is 14.5 Å². The number of thiol groups is 1. The van der Waals surface area contributed by atoms with Gasteiger partial charge in [0.15, 0.2) is 5.76 Å².